The van der Waals surface area contributed by atoms with E-state index in [4.69, 9.17) is 5.73 Å². The molecule has 0 aliphatic carbocycles. The molecular formula is C23H29N5O5S. The summed E-state index contributed by atoms with van der Waals surface area (Å²) in [6.45, 7) is 6.30. The fraction of sp³-hybridized carbons (Fsp3) is 0.348. The maximum atomic E-state index is 13.2. The van der Waals surface area contributed by atoms with Crippen molar-refractivity contribution in [1.82, 2.24) is 19.8 Å². The first-order valence-electron chi connectivity index (χ1n) is 10.8. The smallest absolute Gasteiger partial charge is 0.324 e. The van der Waals surface area contributed by atoms with E-state index in [9.17, 15) is 23.1 Å². The fourth-order valence-corrected chi connectivity index (χ4v) is 5.91. The van der Waals surface area contributed by atoms with Gasteiger partial charge in [-0.25, -0.2) is 8.42 Å². The van der Waals surface area contributed by atoms with Crippen molar-refractivity contribution < 1.29 is 23.1 Å². The summed E-state index contributed by atoms with van der Waals surface area (Å²) in [4.78, 5) is 23.6. The summed E-state index contributed by atoms with van der Waals surface area (Å²) in [5.74, 6) is -1.43. The predicted molar refractivity (Wildman–Crippen MR) is 128 cm³/mol. The number of sulfonamides is 1. The van der Waals surface area contributed by atoms with Crippen LogP contribution < -0.4 is 15.8 Å². The fourth-order valence-electron chi connectivity index (χ4n) is 4.25. The molecule has 10 nitrogen and oxygen atoms in total. The number of benzene rings is 2. The van der Waals surface area contributed by atoms with Crippen LogP contribution in [0.5, 0.6) is 0 Å². The Morgan fingerprint density at radius 1 is 1.21 bits per heavy atom. The second-order valence-corrected chi connectivity index (χ2v) is 9.91. The number of carbonyl (C=O) groups excluding carboxylic acids is 1. The lowest BCUT2D eigenvalue weighted by molar-refractivity contribution is -0.139. The maximum absolute atomic E-state index is 13.2. The maximum Gasteiger partial charge on any atom is 0.324 e. The molecule has 2 unspecified atom stereocenters. The van der Waals surface area contributed by atoms with Gasteiger partial charge in [0.15, 0.2) is 0 Å². The van der Waals surface area contributed by atoms with Crippen LogP contribution in [-0.4, -0.2) is 48.3 Å². The first-order valence-corrected chi connectivity index (χ1v) is 12.3. The lowest BCUT2D eigenvalue weighted by Crippen LogP contribution is -2.49. The Bertz CT molecular complexity index is 1300. The predicted octanol–water partition coefficient (Wildman–Crippen LogP) is 1.53. The molecule has 0 saturated carbocycles. The molecule has 34 heavy (non-hydrogen) atoms. The van der Waals surface area contributed by atoms with E-state index in [0.29, 0.717) is 36.2 Å². The normalized spacial score (nSPS) is 13.5. The molecule has 0 fully saturated rings. The number of amides is 1. The first kappa shape index (κ1) is 25.3. The third-order valence-electron chi connectivity index (χ3n) is 5.60. The van der Waals surface area contributed by atoms with Gasteiger partial charge >= 0.3 is 5.97 Å². The van der Waals surface area contributed by atoms with Gasteiger partial charge in [-0.3, -0.25) is 14.3 Å². The summed E-state index contributed by atoms with van der Waals surface area (Å²) in [5, 5.41) is 17.4. The van der Waals surface area contributed by atoms with Gasteiger partial charge < -0.3 is 16.2 Å². The van der Waals surface area contributed by atoms with Crippen molar-refractivity contribution in [2.75, 3.05) is 6.54 Å². The molecule has 11 heteroatoms. The topological polar surface area (TPSA) is 156 Å². The van der Waals surface area contributed by atoms with Gasteiger partial charge in [0.2, 0.25) is 16.4 Å². The minimum absolute atomic E-state index is 0.0193. The van der Waals surface area contributed by atoms with E-state index >= 15 is 0 Å². The average Bonchev–Trinajstić information content (AvgIpc) is 3.15. The summed E-state index contributed by atoms with van der Waals surface area (Å²) in [7, 11) is -4.22. The van der Waals surface area contributed by atoms with Crippen molar-refractivity contribution in [1.29, 1.82) is 0 Å². The number of carboxylic acids is 1. The van der Waals surface area contributed by atoms with Gasteiger partial charge in [-0.15, -0.1) is 0 Å². The molecule has 0 spiro atoms. The molecular weight excluding hydrogens is 458 g/mol. The van der Waals surface area contributed by atoms with E-state index in [1.165, 1.54) is 0 Å². The molecule has 3 aromatic rings. The highest BCUT2D eigenvalue weighted by Crippen LogP contribution is 2.26. The van der Waals surface area contributed by atoms with Gasteiger partial charge in [0.05, 0.1) is 22.7 Å². The van der Waals surface area contributed by atoms with Crippen molar-refractivity contribution in [3.8, 4) is 0 Å². The van der Waals surface area contributed by atoms with E-state index in [-0.39, 0.29) is 4.90 Å². The Balaban J connectivity index is 2.01. The van der Waals surface area contributed by atoms with Gasteiger partial charge in [0.25, 0.3) is 0 Å². The number of carbonyl (C=O) groups is 2. The van der Waals surface area contributed by atoms with Gasteiger partial charge in [0.1, 0.15) is 6.04 Å². The van der Waals surface area contributed by atoms with Gasteiger partial charge in [-0.1, -0.05) is 23.8 Å². The Morgan fingerprint density at radius 3 is 2.47 bits per heavy atom. The van der Waals surface area contributed by atoms with Crippen molar-refractivity contribution >= 4 is 33.3 Å². The minimum atomic E-state index is -4.22. The summed E-state index contributed by atoms with van der Waals surface area (Å²) >= 11 is 0. The van der Waals surface area contributed by atoms with Gasteiger partial charge in [0, 0.05) is 11.9 Å². The molecule has 3 rings (SSSR count). The molecule has 0 aliphatic heterocycles. The van der Waals surface area contributed by atoms with Crippen LogP contribution in [0.3, 0.4) is 0 Å². The Labute approximate surface area is 198 Å². The number of aromatic nitrogens is 2. The van der Waals surface area contributed by atoms with Crippen molar-refractivity contribution in [2.24, 2.45) is 5.73 Å². The minimum Gasteiger partial charge on any atom is -0.480 e. The third-order valence-corrected chi connectivity index (χ3v) is 7.35. The quantitative estimate of drug-likeness (QED) is 0.299. The lowest BCUT2D eigenvalue weighted by atomic mass is 9.99. The van der Waals surface area contributed by atoms with Crippen molar-refractivity contribution in [2.45, 2.75) is 50.7 Å². The Hall–Kier alpha value is -3.28. The first-order chi connectivity index (χ1) is 16.1. The van der Waals surface area contributed by atoms with Crippen LogP contribution in [0.15, 0.2) is 41.4 Å². The molecule has 1 heterocycles. The van der Waals surface area contributed by atoms with Crippen LogP contribution in [0.4, 0.5) is 0 Å². The van der Waals surface area contributed by atoms with Crippen LogP contribution in [0.2, 0.25) is 0 Å². The van der Waals surface area contributed by atoms with E-state index < -0.39 is 28.1 Å². The highest BCUT2D eigenvalue weighted by Gasteiger charge is 2.35. The van der Waals surface area contributed by atoms with Crippen LogP contribution in [0.25, 0.3) is 10.9 Å². The second kappa shape index (κ2) is 10.3. The van der Waals surface area contributed by atoms with Crippen molar-refractivity contribution in [3.05, 3.63) is 58.8 Å². The Morgan fingerprint density at radius 2 is 1.88 bits per heavy atom. The molecule has 0 bridgehead atoms. The molecule has 182 valence electrons. The Kier molecular flexibility index (Phi) is 7.70. The highest BCUT2D eigenvalue weighted by atomic mass is 32.2. The number of nitrogens with two attached hydrogens (primary N) is 1. The molecule has 5 N–H and O–H groups in total. The monoisotopic (exact) mass is 487 g/mol. The third kappa shape index (κ3) is 5.27. The van der Waals surface area contributed by atoms with Gasteiger partial charge in [-0.2, -0.15) is 9.82 Å². The molecule has 2 atom stereocenters. The number of aliphatic carboxylic acids is 1. The molecule has 2 aromatic carbocycles. The van der Waals surface area contributed by atoms with Crippen LogP contribution in [-0.2, 0) is 26.2 Å². The largest absolute Gasteiger partial charge is 0.480 e. The zero-order chi connectivity index (χ0) is 25.0. The number of hydrogen-bond acceptors (Lipinski definition) is 6. The summed E-state index contributed by atoms with van der Waals surface area (Å²) in [6.07, 6.45) is 2.73. The molecule has 0 radical (unpaired) electrons. The summed E-state index contributed by atoms with van der Waals surface area (Å²) < 4.78 is 30.6. The number of nitrogens with zero attached hydrogens (tertiary/aromatic N) is 2. The average molecular weight is 488 g/mol. The van der Waals surface area contributed by atoms with Crippen LogP contribution >= 0.6 is 0 Å². The summed E-state index contributed by atoms with van der Waals surface area (Å²) in [6, 6.07) is 5.72. The molecule has 0 aliphatic rings. The zero-order valence-electron chi connectivity index (χ0n) is 19.3. The zero-order valence-corrected chi connectivity index (χ0v) is 20.1. The van der Waals surface area contributed by atoms with E-state index in [2.05, 4.69) is 15.1 Å². The van der Waals surface area contributed by atoms with E-state index in [0.717, 1.165) is 22.9 Å². The second-order valence-electron chi connectivity index (χ2n) is 8.26. The molecule has 1 amide bonds. The number of carboxylic acid groups (broad SMARTS) is 1. The molecule has 0 saturated heterocycles. The standard InChI is InChI=1S/C23H29N5O5S/c1-14-9-15(2)22(16(3)10-14)34(32,33)27-21(23(30)31)20(25-13-29)17-5-6-19-18(11-17)12-26-28(19)8-4-7-24/h5-6,9-13,20-21,27H,4,7-8,24H2,1-3H3,(H,25,29)(H,30,31). The summed E-state index contributed by atoms with van der Waals surface area (Å²) in [5.41, 5.74) is 8.71. The number of hydrogen-bond donors (Lipinski definition) is 4. The van der Waals surface area contributed by atoms with E-state index in [1.807, 2.05) is 6.92 Å². The SMILES string of the molecule is Cc1cc(C)c(S(=O)(=O)NC(C(=O)O)C(NC=O)c2ccc3c(cnn3CCCN)c2)c(C)c1. The van der Waals surface area contributed by atoms with Crippen LogP contribution in [0, 0.1) is 20.8 Å². The number of rotatable bonds is 11. The van der Waals surface area contributed by atoms with Crippen LogP contribution in [0.1, 0.15) is 34.7 Å². The highest BCUT2D eigenvalue weighted by molar-refractivity contribution is 7.89. The van der Waals surface area contributed by atoms with Gasteiger partial charge in [-0.05, 0) is 62.6 Å². The number of nitrogens with one attached hydrogen (secondary N) is 2. The molecule has 1 aromatic heterocycles. The number of aryl methyl sites for hydroxylation is 4. The lowest BCUT2D eigenvalue weighted by Gasteiger charge is -2.25. The van der Waals surface area contributed by atoms with E-state index in [1.54, 1.807) is 55.1 Å². The number of fused-ring (bicyclic) bond motifs is 1. The van der Waals surface area contributed by atoms with Crippen molar-refractivity contribution in [3.63, 3.8) is 0 Å².